The highest BCUT2D eigenvalue weighted by Crippen LogP contribution is 2.34. The van der Waals surface area contributed by atoms with Crippen LogP contribution in [0.3, 0.4) is 0 Å². The van der Waals surface area contributed by atoms with Gasteiger partial charge in [-0.1, -0.05) is 0 Å². The predicted octanol–water partition coefficient (Wildman–Crippen LogP) is 1.13. The van der Waals surface area contributed by atoms with Crippen LogP contribution in [-0.4, -0.2) is 48.8 Å². The van der Waals surface area contributed by atoms with Gasteiger partial charge in [0.2, 0.25) is 0 Å². The fourth-order valence-electron chi connectivity index (χ4n) is 2.41. The van der Waals surface area contributed by atoms with Crippen molar-refractivity contribution in [2.24, 2.45) is 9.98 Å². The van der Waals surface area contributed by atoms with Crippen molar-refractivity contribution < 1.29 is 10.2 Å². The maximum atomic E-state index is 10.2. The average molecular weight is 298 g/mol. The molecule has 22 heavy (non-hydrogen) atoms. The molecule has 0 aliphatic carbocycles. The first-order chi connectivity index (χ1) is 10.8. The molecule has 6 heteroatoms. The van der Waals surface area contributed by atoms with Gasteiger partial charge in [-0.25, -0.2) is 0 Å². The van der Waals surface area contributed by atoms with Gasteiger partial charge in [-0.3, -0.25) is 9.98 Å². The Morgan fingerprint density at radius 3 is 1.77 bits per heavy atom. The number of nitrogens with one attached hydrogen (secondary N) is 2. The first-order valence-electron chi connectivity index (χ1n) is 7.20. The van der Waals surface area contributed by atoms with E-state index in [1.54, 1.807) is 18.5 Å². The van der Waals surface area contributed by atoms with E-state index in [0.717, 1.165) is 11.4 Å². The van der Waals surface area contributed by atoms with Gasteiger partial charge in [0.1, 0.15) is 11.5 Å². The van der Waals surface area contributed by atoms with E-state index in [1.807, 2.05) is 12.2 Å². The third-order valence-electron chi connectivity index (χ3n) is 3.50. The molecule has 3 rings (SSSR count). The van der Waals surface area contributed by atoms with Crippen molar-refractivity contribution >= 4 is 23.8 Å². The maximum Gasteiger partial charge on any atom is 0.128 e. The number of benzene rings is 1. The minimum atomic E-state index is 0.0261. The van der Waals surface area contributed by atoms with Crippen molar-refractivity contribution in [3.63, 3.8) is 0 Å². The standard InChI is InChI=1S/C16H18N4O2/c21-15-10-16(22)12(14-2-4-18-6-8-20-14)9-11(15)13-1-3-17-5-7-19-13/h1-4,9-10,19-22H,5-8H2. The number of rotatable bonds is 2. The Labute approximate surface area is 128 Å². The van der Waals surface area contributed by atoms with Crippen molar-refractivity contribution in [3.05, 3.63) is 35.4 Å². The van der Waals surface area contributed by atoms with Crippen molar-refractivity contribution in [3.8, 4) is 11.5 Å². The van der Waals surface area contributed by atoms with Gasteiger partial charge in [0.05, 0.1) is 13.1 Å². The molecule has 114 valence electrons. The molecular formula is C16H18N4O2. The van der Waals surface area contributed by atoms with Crippen LogP contribution in [-0.2, 0) is 0 Å². The summed E-state index contributed by atoms with van der Waals surface area (Å²) < 4.78 is 0. The van der Waals surface area contributed by atoms with Gasteiger partial charge in [-0.05, 0) is 18.2 Å². The quantitative estimate of drug-likeness (QED) is 0.659. The summed E-state index contributed by atoms with van der Waals surface area (Å²) >= 11 is 0. The molecule has 0 amide bonds. The Bertz CT molecular complexity index is 634. The van der Waals surface area contributed by atoms with Crippen molar-refractivity contribution in [2.75, 3.05) is 26.2 Å². The van der Waals surface area contributed by atoms with Crippen LogP contribution >= 0.6 is 0 Å². The lowest BCUT2D eigenvalue weighted by atomic mass is 10.0. The second kappa shape index (κ2) is 6.34. The monoisotopic (exact) mass is 298 g/mol. The highest BCUT2D eigenvalue weighted by atomic mass is 16.3. The number of nitrogens with zero attached hydrogens (tertiary/aromatic N) is 2. The maximum absolute atomic E-state index is 10.2. The summed E-state index contributed by atoms with van der Waals surface area (Å²) in [4.78, 5) is 8.36. The molecule has 0 fully saturated rings. The molecule has 2 heterocycles. The van der Waals surface area contributed by atoms with Crippen LogP contribution in [0.5, 0.6) is 11.5 Å². The topological polar surface area (TPSA) is 89.2 Å². The van der Waals surface area contributed by atoms with Crippen LogP contribution < -0.4 is 10.6 Å². The summed E-state index contributed by atoms with van der Waals surface area (Å²) in [6.07, 6.45) is 7.08. The summed E-state index contributed by atoms with van der Waals surface area (Å²) in [5, 5.41) is 26.8. The molecule has 0 atom stereocenters. The molecule has 4 N–H and O–H groups in total. The molecule has 2 aliphatic heterocycles. The smallest absolute Gasteiger partial charge is 0.128 e. The van der Waals surface area contributed by atoms with Crippen LogP contribution in [0.15, 0.2) is 34.3 Å². The van der Waals surface area contributed by atoms with Crippen LogP contribution in [0.1, 0.15) is 11.1 Å². The second-order valence-electron chi connectivity index (χ2n) is 5.01. The zero-order valence-electron chi connectivity index (χ0n) is 12.1. The van der Waals surface area contributed by atoms with Gasteiger partial charge >= 0.3 is 0 Å². The second-order valence-corrected chi connectivity index (χ2v) is 5.01. The summed E-state index contributed by atoms with van der Waals surface area (Å²) in [7, 11) is 0. The molecule has 6 nitrogen and oxygen atoms in total. The third kappa shape index (κ3) is 2.95. The largest absolute Gasteiger partial charge is 0.507 e. The summed E-state index contributed by atoms with van der Waals surface area (Å²) in [5.74, 6) is 0.0522. The van der Waals surface area contributed by atoms with E-state index in [4.69, 9.17) is 0 Å². The van der Waals surface area contributed by atoms with Gasteiger partial charge in [-0.2, -0.15) is 0 Å². The molecule has 0 bridgehead atoms. The fourth-order valence-corrected chi connectivity index (χ4v) is 2.41. The van der Waals surface area contributed by atoms with E-state index < -0.39 is 0 Å². The molecule has 0 radical (unpaired) electrons. The molecule has 0 spiro atoms. The summed E-state index contributed by atoms with van der Waals surface area (Å²) in [5.41, 5.74) is 2.82. The number of hydrogen-bond acceptors (Lipinski definition) is 6. The molecule has 0 saturated heterocycles. The first-order valence-corrected chi connectivity index (χ1v) is 7.20. The highest BCUT2D eigenvalue weighted by Gasteiger charge is 2.15. The summed E-state index contributed by atoms with van der Waals surface area (Å²) in [6.45, 7) is 2.78. The lowest BCUT2D eigenvalue weighted by Gasteiger charge is -2.15. The molecule has 0 saturated carbocycles. The van der Waals surface area contributed by atoms with Crippen LogP contribution in [0.25, 0.3) is 11.4 Å². The van der Waals surface area contributed by atoms with E-state index in [-0.39, 0.29) is 11.5 Å². The van der Waals surface area contributed by atoms with E-state index in [1.165, 1.54) is 6.07 Å². The van der Waals surface area contributed by atoms with Crippen molar-refractivity contribution in [1.82, 2.24) is 10.6 Å². The Morgan fingerprint density at radius 1 is 0.773 bits per heavy atom. The fraction of sp³-hybridized carbons (Fsp3) is 0.250. The first kappa shape index (κ1) is 14.2. The Hall–Kier alpha value is -2.76. The Kier molecular flexibility index (Phi) is 4.09. The normalized spacial score (nSPS) is 17.6. The Balaban J connectivity index is 2.03. The lowest BCUT2D eigenvalue weighted by Crippen LogP contribution is -2.16. The van der Waals surface area contributed by atoms with E-state index in [0.29, 0.717) is 37.3 Å². The van der Waals surface area contributed by atoms with Crippen LogP contribution in [0.4, 0.5) is 0 Å². The summed E-state index contributed by atoms with van der Waals surface area (Å²) in [6, 6.07) is 3.13. The Morgan fingerprint density at radius 2 is 1.27 bits per heavy atom. The number of allylic oxidation sites excluding steroid dienone is 2. The number of hydrogen-bond donors (Lipinski definition) is 4. The lowest BCUT2D eigenvalue weighted by molar-refractivity contribution is 0.448. The number of aromatic hydroxyl groups is 2. The molecule has 0 unspecified atom stereocenters. The van der Waals surface area contributed by atoms with Gasteiger partial charge in [0.25, 0.3) is 0 Å². The van der Waals surface area contributed by atoms with E-state index in [2.05, 4.69) is 20.6 Å². The molecular weight excluding hydrogens is 280 g/mol. The predicted molar refractivity (Wildman–Crippen MR) is 88.4 cm³/mol. The van der Waals surface area contributed by atoms with Crippen LogP contribution in [0, 0.1) is 0 Å². The van der Waals surface area contributed by atoms with Crippen molar-refractivity contribution in [1.29, 1.82) is 0 Å². The molecule has 1 aromatic rings. The molecule has 0 aromatic heterocycles. The van der Waals surface area contributed by atoms with E-state index in [9.17, 15) is 10.2 Å². The number of aliphatic imine (C=N–C) groups is 2. The van der Waals surface area contributed by atoms with Crippen molar-refractivity contribution in [2.45, 2.75) is 0 Å². The van der Waals surface area contributed by atoms with Crippen LogP contribution in [0.2, 0.25) is 0 Å². The zero-order valence-corrected chi connectivity index (χ0v) is 12.1. The zero-order chi connectivity index (χ0) is 15.4. The highest BCUT2D eigenvalue weighted by molar-refractivity contribution is 5.89. The number of phenolic OH excluding ortho intramolecular Hbond substituents is 2. The minimum Gasteiger partial charge on any atom is -0.507 e. The SMILES string of the molecule is Oc1cc(O)c(C2=CC=NCCN2)cc1C1=CC=NCCN1. The van der Waals surface area contributed by atoms with Gasteiger partial charge in [0.15, 0.2) is 0 Å². The van der Waals surface area contributed by atoms with E-state index >= 15 is 0 Å². The number of phenols is 2. The molecule has 1 aromatic carbocycles. The van der Waals surface area contributed by atoms with Gasteiger partial charge in [-0.15, -0.1) is 0 Å². The van der Waals surface area contributed by atoms with Gasteiger partial charge in [0, 0.05) is 54.1 Å². The average Bonchev–Trinajstić information content (AvgIpc) is 2.92. The third-order valence-corrected chi connectivity index (χ3v) is 3.50. The van der Waals surface area contributed by atoms with Gasteiger partial charge < -0.3 is 20.8 Å². The minimum absolute atomic E-state index is 0.0261. The molecule has 2 aliphatic rings.